The lowest BCUT2D eigenvalue weighted by atomic mass is 10.1. The van der Waals surface area contributed by atoms with Crippen LogP contribution < -0.4 is 0 Å². The van der Waals surface area contributed by atoms with Crippen molar-refractivity contribution in [1.29, 1.82) is 0 Å². The molecule has 0 spiro atoms. The molecule has 1 N–H and O–H groups in total. The number of nitrogens with zero attached hydrogens (tertiary/aromatic N) is 2. The van der Waals surface area contributed by atoms with Gasteiger partial charge < -0.3 is 9.67 Å². The molecule has 2 aromatic rings. The zero-order chi connectivity index (χ0) is 14.0. The number of fused-ring (bicyclic) bond motifs is 1. The van der Waals surface area contributed by atoms with Crippen molar-refractivity contribution in [2.75, 3.05) is 6.54 Å². The number of aryl methyl sites for hydroxylation is 1. The van der Waals surface area contributed by atoms with E-state index in [9.17, 15) is 4.79 Å². The molecule has 19 heavy (non-hydrogen) atoms. The molecule has 102 valence electrons. The van der Waals surface area contributed by atoms with Crippen LogP contribution in [0.5, 0.6) is 0 Å². The van der Waals surface area contributed by atoms with Gasteiger partial charge in [0, 0.05) is 36.7 Å². The number of carbonyl (C=O) groups is 1. The second kappa shape index (κ2) is 5.45. The molecular weight excluding hydrogens is 240 g/mol. The van der Waals surface area contributed by atoms with Gasteiger partial charge in [-0.1, -0.05) is 18.2 Å². The molecular formula is C15H20N2O2. The van der Waals surface area contributed by atoms with Crippen molar-refractivity contribution in [2.24, 2.45) is 7.05 Å². The minimum Gasteiger partial charge on any atom is -0.480 e. The first-order valence-corrected chi connectivity index (χ1v) is 6.48. The summed E-state index contributed by atoms with van der Waals surface area (Å²) in [5.74, 6) is -0.783. The summed E-state index contributed by atoms with van der Waals surface area (Å²) < 4.78 is 2.09. The minimum absolute atomic E-state index is 0.0703. The molecule has 0 amide bonds. The maximum Gasteiger partial charge on any atom is 0.317 e. The molecule has 0 radical (unpaired) electrons. The van der Waals surface area contributed by atoms with Gasteiger partial charge in [-0.25, -0.2) is 0 Å². The summed E-state index contributed by atoms with van der Waals surface area (Å²) in [5, 5.41) is 10.2. The number of benzene rings is 1. The largest absolute Gasteiger partial charge is 0.480 e. The van der Waals surface area contributed by atoms with Gasteiger partial charge in [-0.05, 0) is 25.5 Å². The van der Waals surface area contributed by atoms with Crippen LogP contribution in [-0.4, -0.2) is 33.1 Å². The lowest BCUT2D eigenvalue weighted by molar-refractivity contribution is -0.138. The molecule has 2 rings (SSSR count). The molecule has 0 aliphatic rings. The molecule has 0 bridgehead atoms. The van der Waals surface area contributed by atoms with Crippen molar-refractivity contribution in [1.82, 2.24) is 9.47 Å². The Morgan fingerprint density at radius 3 is 2.68 bits per heavy atom. The van der Waals surface area contributed by atoms with Crippen molar-refractivity contribution in [3.8, 4) is 0 Å². The first-order valence-electron chi connectivity index (χ1n) is 6.48. The Balaban J connectivity index is 2.31. The lowest BCUT2D eigenvalue weighted by Gasteiger charge is -2.24. The van der Waals surface area contributed by atoms with Crippen LogP contribution in [0.15, 0.2) is 30.5 Å². The Hall–Kier alpha value is -1.81. The maximum atomic E-state index is 10.9. The molecule has 4 nitrogen and oxygen atoms in total. The molecule has 4 heteroatoms. The third kappa shape index (κ3) is 2.96. The second-order valence-corrected chi connectivity index (χ2v) is 5.17. The topological polar surface area (TPSA) is 45.5 Å². The predicted molar refractivity (Wildman–Crippen MR) is 76.1 cm³/mol. The maximum absolute atomic E-state index is 10.9. The van der Waals surface area contributed by atoms with E-state index in [2.05, 4.69) is 22.9 Å². The molecule has 1 aromatic heterocycles. The average molecular weight is 260 g/mol. The zero-order valence-electron chi connectivity index (χ0n) is 11.6. The first-order chi connectivity index (χ1) is 8.99. The Morgan fingerprint density at radius 2 is 2.05 bits per heavy atom. The number of carboxylic acids is 1. The zero-order valence-corrected chi connectivity index (χ0v) is 11.6. The molecule has 0 saturated heterocycles. The van der Waals surface area contributed by atoms with Gasteiger partial charge in [0.2, 0.25) is 0 Å². The standard InChI is InChI=1S/C15H20N2O2/c1-11(2)17(10-15(18)19)9-12-8-16(3)14-7-5-4-6-13(12)14/h4-8,11H,9-10H2,1-3H3,(H,18,19). The quantitative estimate of drug-likeness (QED) is 0.898. The average Bonchev–Trinajstić information content (AvgIpc) is 2.66. The Kier molecular flexibility index (Phi) is 3.90. The van der Waals surface area contributed by atoms with E-state index < -0.39 is 5.97 Å². The molecule has 0 aliphatic heterocycles. The van der Waals surface area contributed by atoms with E-state index in [1.807, 2.05) is 37.9 Å². The van der Waals surface area contributed by atoms with E-state index in [1.54, 1.807) is 0 Å². The highest BCUT2D eigenvalue weighted by Gasteiger charge is 2.16. The number of carboxylic acid groups (broad SMARTS) is 1. The number of aromatic nitrogens is 1. The molecule has 0 saturated carbocycles. The highest BCUT2D eigenvalue weighted by molar-refractivity contribution is 5.83. The minimum atomic E-state index is -0.783. The van der Waals surface area contributed by atoms with Gasteiger partial charge in [0.05, 0.1) is 6.54 Å². The van der Waals surface area contributed by atoms with Gasteiger partial charge in [0.1, 0.15) is 0 Å². The number of hydrogen-bond donors (Lipinski definition) is 1. The number of rotatable bonds is 5. The first kappa shape index (κ1) is 13.6. The van der Waals surface area contributed by atoms with Crippen LogP contribution in [0.4, 0.5) is 0 Å². The van der Waals surface area contributed by atoms with Crippen molar-refractivity contribution < 1.29 is 9.90 Å². The fourth-order valence-corrected chi connectivity index (χ4v) is 2.37. The highest BCUT2D eigenvalue weighted by atomic mass is 16.4. The fraction of sp³-hybridized carbons (Fsp3) is 0.400. The Labute approximate surface area is 113 Å². The summed E-state index contributed by atoms with van der Waals surface area (Å²) in [6, 6.07) is 8.40. The van der Waals surface area contributed by atoms with Crippen LogP contribution >= 0.6 is 0 Å². The van der Waals surface area contributed by atoms with Crippen LogP contribution in [0.1, 0.15) is 19.4 Å². The molecule has 0 aliphatic carbocycles. The third-order valence-corrected chi connectivity index (χ3v) is 3.42. The van der Waals surface area contributed by atoms with E-state index in [1.165, 1.54) is 16.5 Å². The predicted octanol–water partition coefficient (Wildman–Crippen LogP) is 2.47. The molecule has 0 atom stereocenters. The van der Waals surface area contributed by atoms with Crippen molar-refractivity contribution in [2.45, 2.75) is 26.4 Å². The third-order valence-electron chi connectivity index (χ3n) is 3.42. The van der Waals surface area contributed by atoms with Gasteiger partial charge in [-0.15, -0.1) is 0 Å². The van der Waals surface area contributed by atoms with E-state index in [-0.39, 0.29) is 12.6 Å². The van der Waals surface area contributed by atoms with Gasteiger partial charge in [-0.2, -0.15) is 0 Å². The normalized spacial score (nSPS) is 11.6. The number of aliphatic carboxylic acids is 1. The second-order valence-electron chi connectivity index (χ2n) is 5.17. The van der Waals surface area contributed by atoms with E-state index in [0.29, 0.717) is 6.54 Å². The summed E-state index contributed by atoms with van der Waals surface area (Å²) >= 11 is 0. The molecule has 1 heterocycles. The summed E-state index contributed by atoms with van der Waals surface area (Å²) in [4.78, 5) is 12.9. The SMILES string of the molecule is CC(C)N(CC(=O)O)Cc1cn(C)c2ccccc12. The van der Waals surface area contributed by atoms with Crippen molar-refractivity contribution >= 4 is 16.9 Å². The summed E-state index contributed by atoms with van der Waals surface area (Å²) in [6.07, 6.45) is 2.09. The molecule has 0 unspecified atom stereocenters. The van der Waals surface area contributed by atoms with E-state index in [0.717, 1.165) is 0 Å². The smallest absolute Gasteiger partial charge is 0.317 e. The fourth-order valence-electron chi connectivity index (χ4n) is 2.37. The van der Waals surface area contributed by atoms with Gasteiger partial charge in [0.25, 0.3) is 0 Å². The van der Waals surface area contributed by atoms with E-state index in [4.69, 9.17) is 5.11 Å². The summed E-state index contributed by atoms with van der Waals surface area (Å²) in [6.45, 7) is 4.77. The summed E-state index contributed by atoms with van der Waals surface area (Å²) in [7, 11) is 2.02. The van der Waals surface area contributed by atoms with Gasteiger partial charge >= 0.3 is 5.97 Å². The van der Waals surface area contributed by atoms with Crippen LogP contribution in [0.3, 0.4) is 0 Å². The van der Waals surface area contributed by atoms with Crippen LogP contribution in [0.2, 0.25) is 0 Å². The van der Waals surface area contributed by atoms with Crippen LogP contribution in [0, 0.1) is 0 Å². The molecule has 1 aromatic carbocycles. The van der Waals surface area contributed by atoms with Crippen molar-refractivity contribution in [3.05, 3.63) is 36.0 Å². The van der Waals surface area contributed by atoms with Crippen LogP contribution in [-0.2, 0) is 18.4 Å². The van der Waals surface area contributed by atoms with E-state index >= 15 is 0 Å². The lowest BCUT2D eigenvalue weighted by Crippen LogP contribution is -2.35. The number of hydrogen-bond acceptors (Lipinski definition) is 2. The summed E-state index contributed by atoms with van der Waals surface area (Å²) in [5.41, 5.74) is 2.35. The van der Waals surface area contributed by atoms with Gasteiger partial charge in [-0.3, -0.25) is 9.69 Å². The monoisotopic (exact) mass is 260 g/mol. The Bertz CT molecular complexity index is 587. The van der Waals surface area contributed by atoms with Gasteiger partial charge in [0.15, 0.2) is 0 Å². The van der Waals surface area contributed by atoms with Crippen molar-refractivity contribution in [3.63, 3.8) is 0 Å². The number of para-hydroxylation sites is 1. The highest BCUT2D eigenvalue weighted by Crippen LogP contribution is 2.22. The van der Waals surface area contributed by atoms with Crippen LogP contribution in [0.25, 0.3) is 10.9 Å². The molecule has 0 fully saturated rings. The Morgan fingerprint density at radius 1 is 1.37 bits per heavy atom.